The zero-order valence-electron chi connectivity index (χ0n) is 22.6. The number of hydrogen-bond acceptors (Lipinski definition) is 5. The van der Waals surface area contributed by atoms with Crippen LogP contribution in [-0.2, 0) is 22.5 Å². The molecule has 0 aliphatic carbocycles. The van der Waals surface area contributed by atoms with Crippen LogP contribution in [0.2, 0.25) is 0 Å². The molecule has 2 aromatic rings. The fourth-order valence-corrected chi connectivity index (χ4v) is 7.53. The van der Waals surface area contributed by atoms with Gasteiger partial charge < -0.3 is 18.9 Å². The smallest absolute Gasteiger partial charge is 0.152 e. The highest BCUT2D eigenvalue weighted by molar-refractivity contribution is 7.90. The molecule has 38 heavy (non-hydrogen) atoms. The molecular formula is C29H41F2N3O2S2. The second-order valence-electron chi connectivity index (χ2n) is 10.5. The minimum atomic E-state index is -1.07. The van der Waals surface area contributed by atoms with Gasteiger partial charge in [0.2, 0.25) is 0 Å². The number of piperidine rings is 1. The molecule has 2 aliphatic rings. The van der Waals surface area contributed by atoms with E-state index < -0.39 is 34.2 Å². The Kier molecular flexibility index (Phi) is 11.3. The van der Waals surface area contributed by atoms with Crippen LogP contribution in [0.1, 0.15) is 49.7 Å². The molecule has 9 heteroatoms. The zero-order valence-corrected chi connectivity index (χ0v) is 24.3. The van der Waals surface area contributed by atoms with Gasteiger partial charge in [-0.3, -0.25) is 0 Å². The van der Waals surface area contributed by atoms with Crippen LogP contribution in [0, 0.1) is 17.6 Å². The Hall–Kier alpha value is -1.20. The van der Waals surface area contributed by atoms with E-state index in [0.717, 1.165) is 100 Å². The Morgan fingerprint density at radius 1 is 0.868 bits per heavy atom. The Balaban J connectivity index is 1.28. The van der Waals surface area contributed by atoms with Crippen LogP contribution < -0.4 is 0 Å². The minimum Gasteiger partial charge on any atom is -0.612 e. The number of rotatable bonds is 11. The Morgan fingerprint density at radius 2 is 1.50 bits per heavy atom. The van der Waals surface area contributed by atoms with Crippen molar-refractivity contribution in [3.8, 4) is 0 Å². The average molecular weight is 566 g/mol. The first-order valence-corrected chi connectivity index (χ1v) is 16.6. The van der Waals surface area contributed by atoms with Crippen molar-refractivity contribution in [3.63, 3.8) is 0 Å². The van der Waals surface area contributed by atoms with Crippen LogP contribution in [0.25, 0.3) is 0 Å². The van der Waals surface area contributed by atoms with Crippen molar-refractivity contribution in [1.29, 1.82) is 0 Å². The molecule has 0 N–H and O–H groups in total. The number of likely N-dealkylation sites (N-methyl/N-ethyl adjacent to an activating group) is 1. The van der Waals surface area contributed by atoms with Crippen LogP contribution in [0.4, 0.5) is 8.78 Å². The normalized spacial score (nSPS) is 20.9. The molecule has 2 heterocycles. The van der Waals surface area contributed by atoms with Gasteiger partial charge in [-0.25, -0.2) is 8.78 Å². The van der Waals surface area contributed by atoms with E-state index in [1.165, 1.54) is 12.1 Å². The van der Waals surface area contributed by atoms with E-state index >= 15 is 0 Å². The van der Waals surface area contributed by atoms with Gasteiger partial charge in [0.1, 0.15) is 23.6 Å². The number of piperazine rings is 1. The van der Waals surface area contributed by atoms with Gasteiger partial charge in [-0.15, -0.1) is 4.31 Å². The number of hydrogen-bond donors (Lipinski definition) is 0. The summed E-state index contributed by atoms with van der Waals surface area (Å²) in [7, 11) is 0. The predicted molar refractivity (Wildman–Crippen MR) is 152 cm³/mol. The molecule has 2 aliphatic heterocycles. The summed E-state index contributed by atoms with van der Waals surface area (Å²) in [5.41, 5.74) is 1.60. The summed E-state index contributed by atoms with van der Waals surface area (Å²) < 4.78 is 54.9. The number of likely N-dealkylation sites (tertiary alicyclic amines) is 1. The third kappa shape index (κ3) is 8.40. The summed E-state index contributed by atoms with van der Waals surface area (Å²) in [6.45, 7) is 9.86. The summed E-state index contributed by atoms with van der Waals surface area (Å²) in [6, 6.07) is 11.3. The number of halogens is 2. The first-order valence-electron chi connectivity index (χ1n) is 13.8. The summed E-state index contributed by atoms with van der Waals surface area (Å²) in [6.07, 6.45) is 5.58. The number of benzene rings is 2. The molecule has 0 amide bonds. The first-order chi connectivity index (χ1) is 18.3. The Labute approximate surface area is 233 Å². The van der Waals surface area contributed by atoms with Crippen LogP contribution >= 0.6 is 0 Å². The predicted octanol–water partition coefficient (Wildman–Crippen LogP) is 4.63. The molecular weight excluding hydrogens is 524 g/mol. The maximum Gasteiger partial charge on any atom is 0.152 e. The van der Waals surface area contributed by atoms with Crippen LogP contribution in [0.3, 0.4) is 0 Å². The van der Waals surface area contributed by atoms with Crippen molar-refractivity contribution in [2.75, 3.05) is 64.4 Å². The lowest BCUT2D eigenvalue weighted by Crippen LogP contribution is -2.49. The van der Waals surface area contributed by atoms with E-state index in [1.807, 2.05) is 24.3 Å². The highest BCUT2D eigenvalue weighted by Gasteiger charge is 2.27. The minimum absolute atomic E-state index is 0.145. The Bertz CT molecular complexity index is 978. The van der Waals surface area contributed by atoms with E-state index in [4.69, 9.17) is 0 Å². The topological polar surface area (TPSA) is 55.8 Å². The van der Waals surface area contributed by atoms with Gasteiger partial charge in [-0.2, -0.15) is 0 Å². The molecule has 0 bridgehead atoms. The molecule has 2 saturated heterocycles. The Morgan fingerprint density at radius 3 is 2.08 bits per heavy atom. The first kappa shape index (κ1) is 29.8. The van der Waals surface area contributed by atoms with E-state index in [1.54, 1.807) is 6.26 Å². The van der Waals surface area contributed by atoms with Crippen molar-refractivity contribution in [2.45, 2.75) is 43.4 Å². The number of nitrogens with zero attached hydrogens (tertiary/aromatic N) is 3. The van der Waals surface area contributed by atoms with Crippen molar-refractivity contribution < 1.29 is 17.9 Å². The maximum absolute atomic E-state index is 14.1. The van der Waals surface area contributed by atoms with E-state index in [0.29, 0.717) is 11.5 Å². The van der Waals surface area contributed by atoms with Crippen molar-refractivity contribution in [3.05, 3.63) is 65.2 Å². The van der Waals surface area contributed by atoms with Gasteiger partial charge in [0, 0.05) is 36.4 Å². The molecule has 0 radical (unpaired) electrons. The summed E-state index contributed by atoms with van der Waals surface area (Å²) in [5.74, 6) is 0.0711. The second kappa shape index (κ2) is 14.4. The van der Waals surface area contributed by atoms with Gasteiger partial charge in [0.15, 0.2) is 4.90 Å². The molecule has 0 spiro atoms. The highest BCUT2D eigenvalue weighted by atomic mass is 32.2. The van der Waals surface area contributed by atoms with E-state index in [-0.39, 0.29) is 5.92 Å². The lowest BCUT2D eigenvalue weighted by molar-refractivity contribution is 0.177. The molecule has 2 unspecified atom stereocenters. The van der Waals surface area contributed by atoms with Crippen LogP contribution in [0.15, 0.2) is 47.4 Å². The van der Waals surface area contributed by atoms with Gasteiger partial charge in [-0.05, 0) is 104 Å². The average Bonchev–Trinajstić information content (AvgIpc) is 2.92. The second-order valence-corrected chi connectivity index (χ2v) is 13.5. The lowest BCUT2D eigenvalue weighted by Gasteiger charge is -2.35. The van der Waals surface area contributed by atoms with E-state index in [9.17, 15) is 17.9 Å². The van der Waals surface area contributed by atoms with Crippen LogP contribution in [-0.4, -0.2) is 87.6 Å². The maximum atomic E-state index is 14.1. The molecule has 210 valence electrons. The van der Waals surface area contributed by atoms with Crippen molar-refractivity contribution >= 4 is 22.5 Å². The zero-order chi connectivity index (χ0) is 27.1. The summed E-state index contributed by atoms with van der Waals surface area (Å²) >= 11 is -1.96. The van der Waals surface area contributed by atoms with Gasteiger partial charge in [-0.1, -0.05) is 19.1 Å². The molecule has 2 aromatic carbocycles. The third-order valence-electron chi connectivity index (χ3n) is 8.11. The molecule has 0 saturated carbocycles. The largest absolute Gasteiger partial charge is 0.612 e. The van der Waals surface area contributed by atoms with Crippen molar-refractivity contribution in [1.82, 2.24) is 14.1 Å². The fourth-order valence-electron chi connectivity index (χ4n) is 5.65. The van der Waals surface area contributed by atoms with Gasteiger partial charge in [0.05, 0.1) is 13.1 Å². The van der Waals surface area contributed by atoms with Crippen molar-refractivity contribution in [2.24, 2.45) is 5.92 Å². The SMILES string of the molecule is CCN1CCN([S+]([O-])CCC2CCN(CC[C@H](c3ccc([S+](C)[O-])cc3)c3cc(F)cc(F)c3)CC2)CC1. The molecule has 3 atom stereocenters. The lowest BCUT2D eigenvalue weighted by atomic mass is 9.87. The molecule has 4 rings (SSSR count). The highest BCUT2D eigenvalue weighted by Crippen LogP contribution is 2.31. The van der Waals surface area contributed by atoms with Crippen LogP contribution in [0.5, 0.6) is 0 Å². The molecule has 5 nitrogen and oxygen atoms in total. The van der Waals surface area contributed by atoms with E-state index in [2.05, 4.69) is 21.0 Å². The molecule has 2 fully saturated rings. The fraction of sp³-hybridized carbons (Fsp3) is 0.586. The van der Waals surface area contributed by atoms with Gasteiger partial charge in [0.25, 0.3) is 0 Å². The summed E-state index contributed by atoms with van der Waals surface area (Å²) in [5, 5.41) is 0. The monoisotopic (exact) mass is 565 g/mol. The van der Waals surface area contributed by atoms with Gasteiger partial charge >= 0.3 is 0 Å². The molecule has 0 aromatic heterocycles. The third-order valence-corrected chi connectivity index (χ3v) is 10.6. The quantitative estimate of drug-likeness (QED) is 0.372. The standard InChI is InChI=1S/C29H41F2N3O2S2/c1-3-32-15-17-34(18-16-32)38(36)19-11-23-8-12-33(13-9-23)14-10-29(25-20-26(30)22-27(31)21-25)24-4-6-28(7-5-24)37(2)35/h4-7,20-23,29H,3,8-19H2,1-2H3/t29-,37?,38?/m1/s1. The summed E-state index contributed by atoms with van der Waals surface area (Å²) in [4.78, 5) is 5.58.